The Balaban J connectivity index is 2.59. The second-order valence-electron chi connectivity index (χ2n) is 5.80. The zero-order chi connectivity index (χ0) is 19.5. The van der Waals surface area contributed by atoms with Gasteiger partial charge in [0.1, 0.15) is 12.1 Å². The number of nitrogens with one attached hydrogen (secondary N) is 3. The van der Waals surface area contributed by atoms with Crippen LogP contribution in [0.2, 0.25) is 0 Å². The lowest BCUT2D eigenvalue weighted by molar-refractivity contribution is -0.142. The van der Waals surface area contributed by atoms with Crippen LogP contribution in [-0.2, 0) is 20.8 Å². The third-order valence-electron chi connectivity index (χ3n) is 3.70. The lowest BCUT2D eigenvalue weighted by atomic mass is 10.1. The smallest absolute Gasteiger partial charge is 0.326 e. The molecule has 10 nitrogen and oxygen atoms in total. The normalized spacial score (nSPS) is 14.3. The van der Waals surface area contributed by atoms with E-state index in [9.17, 15) is 19.5 Å². The molecule has 0 unspecified atom stereocenters. The maximum absolute atomic E-state index is 12.3. The highest BCUT2D eigenvalue weighted by Crippen LogP contribution is 2.02. The summed E-state index contributed by atoms with van der Waals surface area (Å²) in [6.45, 7) is 0.516. The van der Waals surface area contributed by atoms with Crippen molar-refractivity contribution in [1.29, 1.82) is 0 Å². The number of aromatic nitrogens is 2. The van der Waals surface area contributed by atoms with E-state index in [0.717, 1.165) is 6.42 Å². The third kappa shape index (κ3) is 7.42. The number of carboxylic acid groups (broad SMARTS) is 1. The van der Waals surface area contributed by atoms with Crippen LogP contribution < -0.4 is 22.1 Å². The van der Waals surface area contributed by atoms with Crippen molar-refractivity contribution in [2.75, 3.05) is 12.3 Å². The Morgan fingerprint density at radius 3 is 2.46 bits per heavy atom. The number of thiol groups is 1. The maximum Gasteiger partial charge on any atom is 0.326 e. The highest BCUT2D eigenvalue weighted by molar-refractivity contribution is 7.80. The SMILES string of the molecule is NCCCC[C@H](N)C(=O)N[C@@H](CS)C(=O)N[C@@H](Cc1c[nH]cn1)C(=O)O. The summed E-state index contributed by atoms with van der Waals surface area (Å²) in [5.41, 5.74) is 11.7. The van der Waals surface area contributed by atoms with Crippen molar-refractivity contribution >= 4 is 30.4 Å². The number of aromatic amines is 1. The molecule has 1 rings (SSSR count). The van der Waals surface area contributed by atoms with E-state index in [-0.39, 0.29) is 12.2 Å². The lowest BCUT2D eigenvalue weighted by Gasteiger charge is -2.21. The van der Waals surface area contributed by atoms with Gasteiger partial charge in [-0.05, 0) is 19.4 Å². The van der Waals surface area contributed by atoms with Crippen molar-refractivity contribution < 1.29 is 19.5 Å². The first kappa shape index (κ1) is 21.9. The van der Waals surface area contributed by atoms with Crippen molar-refractivity contribution in [2.45, 2.75) is 43.8 Å². The van der Waals surface area contributed by atoms with E-state index in [1.807, 2.05) is 0 Å². The van der Waals surface area contributed by atoms with Gasteiger partial charge in [-0.25, -0.2) is 9.78 Å². The Morgan fingerprint density at radius 1 is 1.23 bits per heavy atom. The lowest BCUT2D eigenvalue weighted by Crippen LogP contribution is -2.55. The van der Waals surface area contributed by atoms with Crippen LogP contribution in [0, 0.1) is 0 Å². The number of carbonyl (C=O) groups is 3. The van der Waals surface area contributed by atoms with Crippen LogP contribution in [0.15, 0.2) is 12.5 Å². The van der Waals surface area contributed by atoms with E-state index in [0.29, 0.717) is 25.1 Å². The van der Waals surface area contributed by atoms with Crippen LogP contribution in [0.1, 0.15) is 25.0 Å². The standard InChI is InChI=1S/C15H26N6O4S/c16-4-2-1-3-10(17)13(22)21-12(7-26)14(23)20-11(15(24)25)5-9-6-18-8-19-9/h6,8,10-12,26H,1-5,7,16-17H2,(H,18,19)(H,20,23)(H,21,22)(H,24,25)/t10-,11-,12-/m0/s1. The second-order valence-corrected chi connectivity index (χ2v) is 6.16. The fourth-order valence-corrected chi connectivity index (χ4v) is 2.45. The minimum Gasteiger partial charge on any atom is -0.480 e. The Kier molecular flexibility index (Phi) is 9.70. The predicted octanol–water partition coefficient (Wildman–Crippen LogP) is -1.61. The van der Waals surface area contributed by atoms with Gasteiger partial charge in [-0.1, -0.05) is 6.42 Å². The van der Waals surface area contributed by atoms with Gasteiger partial charge >= 0.3 is 5.97 Å². The molecule has 0 bridgehead atoms. The van der Waals surface area contributed by atoms with Crippen LogP contribution in [0.3, 0.4) is 0 Å². The summed E-state index contributed by atoms with van der Waals surface area (Å²) in [5, 5.41) is 14.2. The van der Waals surface area contributed by atoms with Gasteiger partial charge < -0.3 is 32.2 Å². The van der Waals surface area contributed by atoms with E-state index in [4.69, 9.17) is 11.5 Å². The molecule has 1 aromatic heterocycles. The predicted molar refractivity (Wildman–Crippen MR) is 98.5 cm³/mol. The van der Waals surface area contributed by atoms with Crippen molar-refractivity contribution in [3.63, 3.8) is 0 Å². The average Bonchev–Trinajstić information content (AvgIpc) is 3.11. The Bertz CT molecular complexity index is 583. The number of carbonyl (C=O) groups excluding carboxylic acids is 2. The van der Waals surface area contributed by atoms with Crippen LogP contribution in [-0.4, -0.2) is 63.3 Å². The van der Waals surface area contributed by atoms with Gasteiger partial charge in [-0.3, -0.25) is 9.59 Å². The molecule has 1 heterocycles. The van der Waals surface area contributed by atoms with Gasteiger partial charge in [0.15, 0.2) is 0 Å². The summed E-state index contributed by atoms with van der Waals surface area (Å²) >= 11 is 4.05. The molecule has 26 heavy (non-hydrogen) atoms. The zero-order valence-electron chi connectivity index (χ0n) is 14.4. The maximum atomic E-state index is 12.3. The van der Waals surface area contributed by atoms with Gasteiger partial charge in [-0.2, -0.15) is 12.6 Å². The number of H-pyrrole nitrogens is 1. The Morgan fingerprint density at radius 2 is 1.92 bits per heavy atom. The minimum absolute atomic E-state index is 0.00182. The van der Waals surface area contributed by atoms with Gasteiger partial charge in [0.05, 0.1) is 18.1 Å². The summed E-state index contributed by atoms with van der Waals surface area (Å²) in [4.78, 5) is 42.4. The Hall–Kier alpha value is -2.11. The fourth-order valence-electron chi connectivity index (χ4n) is 2.20. The van der Waals surface area contributed by atoms with E-state index < -0.39 is 35.9 Å². The first-order valence-electron chi connectivity index (χ1n) is 8.26. The summed E-state index contributed by atoms with van der Waals surface area (Å²) < 4.78 is 0. The monoisotopic (exact) mass is 386 g/mol. The molecule has 0 radical (unpaired) electrons. The highest BCUT2D eigenvalue weighted by atomic mass is 32.1. The highest BCUT2D eigenvalue weighted by Gasteiger charge is 2.27. The molecule has 0 aliphatic rings. The minimum atomic E-state index is -1.20. The van der Waals surface area contributed by atoms with E-state index in [2.05, 4.69) is 33.2 Å². The molecule has 146 valence electrons. The van der Waals surface area contributed by atoms with Crippen LogP contribution in [0.25, 0.3) is 0 Å². The fraction of sp³-hybridized carbons (Fsp3) is 0.600. The number of nitrogens with two attached hydrogens (primary N) is 2. The molecule has 0 saturated carbocycles. The topological polar surface area (TPSA) is 176 Å². The number of nitrogens with zero attached hydrogens (tertiary/aromatic N) is 1. The molecule has 8 N–H and O–H groups in total. The average molecular weight is 386 g/mol. The van der Waals surface area contributed by atoms with E-state index in [1.54, 1.807) is 6.20 Å². The molecule has 2 amide bonds. The third-order valence-corrected chi connectivity index (χ3v) is 4.07. The number of imidazole rings is 1. The van der Waals surface area contributed by atoms with Gasteiger partial charge in [-0.15, -0.1) is 0 Å². The molecule has 0 fully saturated rings. The largest absolute Gasteiger partial charge is 0.480 e. The van der Waals surface area contributed by atoms with Crippen molar-refractivity contribution in [1.82, 2.24) is 20.6 Å². The molecule has 0 spiro atoms. The van der Waals surface area contributed by atoms with Crippen LogP contribution in [0.5, 0.6) is 0 Å². The van der Waals surface area contributed by atoms with Crippen molar-refractivity contribution in [2.24, 2.45) is 11.5 Å². The quantitative estimate of drug-likeness (QED) is 0.167. The number of rotatable bonds is 12. The van der Waals surface area contributed by atoms with Gasteiger partial charge in [0.25, 0.3) is 0 Å². The molecular formula is C15H26N6O4S. The Labute approximate surface area is 156 Å². The molecular weight excluding hydrogens is 360 g/mol. The van der Waals surface area contributed by atoms with Crippen LogP contribution in [0.4, 0.5) is 0 Å². The molecule has 1 aromatic rings. The molecule has 0 aliphatic carbocycles. The number of amides is 2. The van der Waals surface area contributed by atoms with Gasteiger partial charge in [0.2, 0.25) is 11.8 Å². The molecule has 11 heteroatoms. The van der Waals surface area contributed by atoms with Gasteiger partial charge in [0, 0.05) is 18.4 Å². The number of hydrogen-bond acceptors (Lipinski definition) is 7. The number of unbranched alkanes of at least 4 members (excludes halogenated alkanes) is 1. The second kappa shape index (κ2) is 11.5. The summed E-state index contributed by atoms with van der Waals surface area (Å²) in [6, 6.07) is -2.94. The van der Waals surface area contributed by atoms with Crippen LogP contribution >= 0.6 is 12.6 Å². The molecule has 0 saturated heterocycles. The number of hydrogen-bond donors (Lipinski definition) is 7. The molecule has 0 aromatic carbocycles. The first-order valence-corrected chi connectivity index (χ1v) is 8.90. The zero-order valence-corrected chi connectivity index (χ0v) is 15.2. The number of aliphatic carboxylic acids is 1. The first-order chi connectivity index (χ1) is 12.4. The van der Waals surface area contributed by atoms with E-state index in [1.165, 1.54) is 6.33 Å². The summed E-state index contributed by atoms with van der Waals surface area (Å²) in [5.74, 6) is -2.34. The summed E-state index contributed by atoms with van der Waals surface area (Å²) in [7, 11) is 0. The van der Waals surface area contributed by atoms with Crippen molar-refractivity contribution in [3.05, 3.63) is 18.2 Å². The van der Waals surface area contributed by atoms with Crippen molar-refractivity contribution in [3.8, 4) is 0 Å². The summed E-state index contributed by atoms with van der Waals surface area (Å²) in [6.07, 6.45) is 4.87. The van der Waals surface area contributed by atoms with E-state index >= 15 is 0 Å². The number of carboxylic acids is 1. The molecule has 3 atom stereocenters. The molecule has 0 aliphatic heterocycles.